The van der Waals surface area contributed by atoms with Crippen molar-refractivity contribution in [2.24, 2.45) is 4.99 Å². The summed E-state index contributed by atoms with van der Waals surface area (Å²) in [5, 5.41) is 6.67. The molecule has 0 amide bonds. The third-order valence-corrected chi connectivity index (χ3v) is 6.05. The van der Waals surface area contributed by atoms with E-state index in [0.29, 0.717) is 12.5 Å². The highest BCUT2D eigenvalue weighted by molar-refractivity contribution is 14.0. The quantitative estimate of drug-likeness (QED) is 0.234. The minimum Gasteiger partial charge on any atom is -0.357 e. The van der Waals surface area contributed by atoms with Gasteiger partial charge in [0.1, 0.15) is 0 Å². The number of aliphatic imine (C=N–C) groups is 1. The molecule has 0 fully saturated rings. The maximum atomic E-state index is 12.1. The highest BCUT2D eigenvalue weighted by Gasteiger charge is 2.12. The van der Waals surface area contributed by atoms with E-state index >= 15 is 0 Å². The lowest BCUT2D eigenvalue weighted by Gasteiger charge is -2.16. The molecular formula is C23H35IN4O2S. The predicted octanol–water partition coefficient (Wildman–Crippen LogP) is 3.99. The Morgan fingerprint density at radius 1 is 0.935 bits per heavy atom. The van der Waals surface area contributed by atoms with Gasteiger partial charge in [0.25, 0.3) is 0 Å². The second kappa shape index (κ2) is 13.7. The number of benzene rings is 2. The first-order valence-corrected chi connectivity index (χ1v) is 12.1. The van der Waals surface area contributed by atoms with Gasteiger partial charge in [-0.25, -0.2) is 18.1 Å². The van der Waals surface area contributed by atoms with E-state index in [1.54, 1.807) is 0 Å². The van der Waals surface area contributed by atoms with E-state index < -0.39 is 10.0 Å². The Morgan fingerprint density at radius 3 is 2.13 bits per heavy atom. The number of sulfonamides is 1. The SMILES string of the molecule is CCNC(=NCc1ccc(CS(=O)(=O)NC(C)C)cc1)NCC(C)c1ccccc1.I. The summed E-state index contributed by atoms with van der Waals surface area (Å²) >= 11 is 0. The Hall–Kier alpha value is -1.65. The zero-order valence-corrected chi connectivity index (χ0v) is 21.9. The predicted molar refractivity (Wildman–Crippen MR) is 140 cm³/mol. The highest BCUT2D eigenvalue weighted by Crippen LogP contribution is 2.13. The van der Waals surface area contributed by atoms with E-state index in [9.17, 15) is 8.42 Å². The summed E-state index contributed by atoms with van der Waals surface area (Å²) in [4.78, 5) is 4.66. The molecule has 2 aromatic carbocycles. The van der Waals surface area contributed by atoms with Crippen molar-refractivity contribution < 1.29 is 8.42 Å². The van der Waals surface area contributed by atoms with E-state index in [4.69, 9.17) is 0 Å². The molecule has 172 valence electrons. The van der Waals surface area contributed by atoms with E-state index in [2.05, 4.69) is 51.5 Å². The van der Waals surface area contributed by atoms with Gasteiger partial charge in [-0.1, -0.05) is 61.5 Å². The van der Waals surface area contributed by atoms with Gasteiger partial charge in [0.2, 0.25) is 10.0 Å². The molecule has 1 atom stereocenters. The summed E-state index contributed by atoms with van der Waals surface area (Å²) in [6, 6.07) is 17.9. The van der Waals surface area contributed by atoms with Gasteiger partial charge in [-0.15, -0.1) is 24.0 Å². The van der Waals surface area contributed by atoms with Gasteiger partial charge in [0.05, 0.1) is 12.3 Å². The lowest BCUT2D eigenvalue weighted by Crippen LogP contribution is -2.39. The van der Waals surface area contributed by atoms with Crippen LogP contribution in [0.2, 0.25) is 0 Å². The van der Waals surface area contributed by atoms with Crippen molar-refractivity contribution in [3.05, 3.63) is 71.3 Å². The lowest BCUT2D eigenvalue weighted by atomic mass is 10.0. The fourth-order valence-corrected chi connectivity index (χ4v) is 4.46. The van der Waals surface area contributed by atoms with Gasteiger partial charge >= 0.3 is 0 Å². The summed E-state index contributed by atoms with van der Waals surface area (Å²) in [5.74, 6) is 1.12. The van der Waals surface area contributed by atoms with Crippen molar-refractivity contribution in [1.82, 2.24) is 15.4 Å². The van der Waals surface area contributed by atoms with Crippen molar-refractivity contribution in [2.45, 2.75) is 52.0 Å². The molecule has 0 aliphatic carbocycles. The molecule has 2 aromatic rings. The fraction of sp³-hybridized carbons (Fsp3) is 0.435. The Morgan fingerprint density at radius 2 is 1.55 bits per heavy atom. The van der Waals surface area contributed by atoms with E-state index in [1.165, 1.54) is 5.56 Å². The van der Waals surface area contributed by atoms with Gasteiger partial charge in [0.15, 0.2) is 5.96 Å². The van der Waals surface area contributed by atoms with Crippen LogP contribution in [0.3, 0.4) is 0 Å². The van der Waals surface area contributed by atoms with Crippen LogP contribution in [0.5, 0.6) is 0 Å². The third-order valence-electron chi connectivity index (χ3n) is 4.50. The number of hydrogen-bond donors (Lipinski definition) is 3. The summed E-state index contributed by atoms with van der Waals surface area (Å²) in [5.41, 5.74) is 3.08. The minimum absolute atomic E-state index is 0. The number of nitrogens with zero attached hydrogens (tertiary/aromatic N) is 1. The number of rotatable bonds is 10. The molecule has 6 nitrogen and oxygen atoms in total. The van der Waals surface area contributed by atoms with Gasteiger partial charge in [-0.05, 0) is 43.4 Å². The van der Waals surface area contributed by atoms with Crippen molar-refractivity contribution in [2.75, 3.05) is 13.1 Å². The maximum absolute atomic E-state index is 12.1. The average Bonchev–Trinajstić information content (AvgIpc) is 2.70. The molecule has 0 aliphatic rings. The zero-order valence-electron chi connectivity index (χ0n) is 18.8. The van der Waals surface area contributed by atoms with Crippen molar-refractivity contribution in [3.8, 4) is 0 Å². The minimum atomic E-state index is -3.32. The first kappa shape index (κ1) is 27.4. The molecule has 2 rings (SSSR count). The summed E-state index contributed by atoms with van der Waals surface area (Å²) < 4.78 is 26.7. The van der Waals surface area contributed by atoms with E-state index in [1.807, 2.05) is 51.1 Å². The third kappa shape index (κ3) is 10.5. The summed E-state index contributed by atoms with van der Waals surface area (Å²) in [6.45, 7) is 9.95. The number of nitrogens with one attached hydrogen (secondary N) is 3. The largest absolute Gasteiger partial charge is 0.357 e. The highest BCUT2D eigenvalue weighted by atomic mass is 127. The monoisotopic (exact) mass is 558 g/mol. The van der Waals surface area contributed by atoms with Crippen LogP contribution in [-0.2, 0) is 22.3 Å². The number of hydrogen-bond acceptors (Lipinski definition) is 3. The van der Waals surface area contributed by atoms with Crippen LogP contribution in [-0.4, -0.2) is 33.5 Å². The van der Waals surface area contributed by atoms with E-state index in [-0.39, 0.29) is 35.8 Å². The molecular weight excluding hydrogens is 523 g/mol. The molecule has 0 radical (unpaired) electrons. The molecule has 0 aromatic heterocycles. The molecule has 0 bridgehead atoms. The summed E-state index contributed by atoms with van der Waals surface area (Å²) in [7, 11) is -3.32. The normalized spacial score (nSPS) is 12.9. The van der Waals surface area contributed by atoms with E-state index in [0.717, 1.165) is 30.2 Å². The van der Waals surface area contributed by atoms with Crippen LogP contribution in [0.15, 0.2) is 59.6 Å². The Balaban J connectivity index is 0.00000480. The van der Waals surface area contributed by atoms with Crippen LogP contribution < -0.4 is 15.4 Å². The first-order chi connectivity index (χ1) is 14.3. The standard InChI is InChI=1S/C23H34N4O2S.HI/c1-5-24-23(25-15-19(4)22-9-7-6-8-10-22)26-16-20-11-13-21(14-12-20)17-30(28,29)27-18(2)3;/h6-14,18-19,27H,5,15-17H2,1-4H3,(H2,24,25,26);1H. The van der Waals surface area contributed by atoms with Crippen molar-refractivity contribution >= 4 is 40.0 Å². The molecule has 8 heteroatoms. The van der Waals surface area contributed by atoms with Gasteiger partial charge in [-0.2, -0.15) is 0 Å². The smallest absolute Gasteiger partial charge is 0.216 e. The number of halogens is 1. The molecule has 0 spiro atoms. The molecule has 1 unspecified atom stereocenters. The molecule has 3 N–H and O–H groups in total. The Kier molecular flexibility index (Phi) is 12.1. The molecule has 0 saturated heterocycles. The van der Waals surface area contributed by atoms with Crippen LogP contribution in [0.4, 0.5) is 0 Å². The fourth-order valence-electron chi connectivity index (χ4n) is 3.02. The average molecular weight is 559 g/mol. The Bertz CT molecular complexity index is 901. The molecule has 0 aliphatic heterocycles. The lowest BCUT2D eigenvalue weighted by molar-refractivity contribution is 0.569. The summed E-state index contributed by atoms with van der Waals surface area (Å²) in [6.07, 6.45) is 0. The first-order valence-electron chi connectivity index (χ1n) is 10.4. The van der Waals surface area contributed by atoms with Crippen LogP contribution in [0.1, 0.15) is 50.3 Å². The maximum Gasteiger partial charge on any atom is 0.216 e. The topological polar surface area (TPSA) is 82.6 Å². The van der Waals surface area contributed by atoms with Gasteiger partial charge in [-0.3, -0.25) is 0 Å². The molecule has 0 saturated carbocycles. The number of guanidine groups is 1. The van der Waals surface area contributed by atoms with Crippen LogP contribution >= 0.6 is 24.0 Å². The Labute approximate surface area is 204 Å². The molecule has 31 heavy (non-hydrogen) atoms. The molecule has 0 heterocycles. The van der Waals surface area contributed by atoms with Gasteiger partial charge in [0, 0.05) is 19.1 Å². The van der Waals surface area contributed by atoms with Gasteiger partial charge < -0.3 is 10.6 Å². The van der Waals surface area contributed by atoms with Crippen molar-refractivity contribution in [1.29, 1.82) is 0 Å². The second-order valence-electron chi connectivity index (χ2n) is 7.74. The van der Waals surface area contributed by atoms with Crippen LogP contribution in [0.25, 0.3) is 0 Å². The zero-order chi connectivity index (χ0) is 22.0. The van der Waals surface area contributed by atoms with Crippen LogP contribution in [0, 0.1) is 0 Å². The second-order valence-corrected chi connectivity index (χ2v) is 9.49. The van der Waals surface area contributed by atoms with Crippen molar-refractivity contribution in [3.63, 3.8) is 0 Å².